The summed E-state index contributed by atoms with van der Waals surface area (Å²) in [5.74, 6) is -1.55. The van der Waals surface area contributed by atoms with Crippen molar-refractivity contribution in [1.29, 1.82) is 0 Å². The van der Waals surface area contributed by atoms with Gasteiger partial charge in [0.15, 0.2) is 0 Å². The smallest absolute Gasteiger partial charge is 0.461 e. The monoisotopic (exact) mass is 273 g/mol. The summed E-state index contributed by atoms with van der Waals surface area (Å²) in [6.07, 6.45) is 1.80. The summed E-state index contributed by atoms with van der Waals surface area (Å²) in [7, 11) is -2.83. The Bertz CT molecular complexity index is 344. The maximum absolute atomic E-state index is 11.5. The third kappa shape index (κ3) is 6.84. The average Bonchev–Trinajstić information content (AvgIpc) is 2.24. The Hall–Kier alpha value is -1.63. The summed E-state index contributed by atoms with van der Waals surface area (Å²) in [5, 5.41) is 2.30. The SMILES string of the molecule is C=CC(=O)NCC(=O)O[Si](C)(CCC)OC(C)=O. The second kappa shape index (κ2) is 7.65. The molecule has 0 bridgehead atoms. The molecule has 0 rings (SSSR count). The van der Waals surface area contributed by atoms with Gasteiger partial charge in [0.05, 0.1) is 0 Å². The van der Waals surface area contributed by atoms with E-state index in [-0.39, 0.29) is 6.54 Å². The highest BCUT2D eigenvalue weighted by atomic mass is 28.4. The van der Waals surface area contributed by atoms with Crippen molar-refractivity contribution in [2.24, 2.45) is 0 Å². The third-order valence-corrected chi connectivity index (χ3v) is 4.77. The van der Waals surface area contributed by atoms with Gasteiger partial charge in [-0.3, -0.25) is 14.4 Å². The predicted molar refractivity (Wildman–Crippen MR) is 67.8 cm³/mol. The zero-order chi connectivity index (χ0) is 14.2. The van der Waals surface area contributed by atoms with Gasteiger partial charge in [-0.15, -0.1) is 0 Å². The Morgan fingerprint density at radius 2 is 1.94 bits per heavy atom. The van der Waals surface area contributed by atoms with Crippen LogP contribution in [0.5, 0.6) is 0 Å². The predicted octanol–water partition coefficient (Wildman–Crippen LogP) is 0.877. The van der Waals surface area contributed by atoms with Crippen LogP contribution in [0.2, 0.25) is 12.6 Å². The van der Waals surface area contributed by atoms with E-state index in [1.165, 1.54) is 6.92 Å². The molecule has 1 N–H and O–H groups in total. The van der Waals surface area contributed by atoms with Gasteiger partial charge in [-0.2, -0.15) is 0 Å². The maximum Gasteiger partial charge on any atom is 0.461 e. The molecule has 1 amide bonds. The molecule has 102 valence electrons. The lowest BCUT2D eigenvalue weighted by Crippen LogP contribution is -2.44. The van der Waals surface area contributed by atoms with Crippen molar-refractivity contribution in [3.8, 4) is 0 Å². The van der Waals surface area contributed by atoms with E-state index in [0.717, 1.165) is 12.5 Å². The Morgan fingerprint density at radius 3 is 2.39 bits per heavy atom. The number of rotatable bonds is 7. The van der Waals surface area contributed by atoms with E-state index in [9.17, 15) is 14.4 Å². The van der Waals surface area contributed by atoms with Crippen molar-refractivity contribution in [1.82, 2.24) is 5.32 Å². The first-order valence-corrected chi connectivity index (χ1v) is 8.17. The first-order valence-electron chi connectivity index (χ1n) is 5.64. The van der Waals surface area contributed by atoms with E-state index in [1.807, 2.05) is 6.92 Å². The van der Waals surface area contributed by atoms with Crippen molar-refractivity contribution < 1.29 is 23.2 Å². The fraction of sp³-hybridized carbons (Fsp3) is 0.545. The molecule has 0 saturated heterocycles. The third-order valence-electron chi connectivity index (χ3n) is 1.99. The van der Waals surface area contributed by atoms with Crippen LogP contribution in [0.1, 0.15) is 20.3 Å². The minimum absolute atomic E-state index is 0.265. The van der Waals surface area contributed by atoms with Crippen molar-refractivity contribution in [2.45, 2.75) is 32.9 Å². The van der Waals surface area contributed by atoms with Crippen molar-refractivity contribution >= 4 is 26.4 Å². The van der Waals surface area contributed by atoms with Crippen LogP contribution in [0.25, 0.3) is 0 Å². The molecule has 0 heterocycles. The summed E-state index contributed by atoms with van der Waals surface area (Å²) in [6.45, 7) is 7.81. The fourth-order valence-corrected chi connectivity index (χ4v) is 3.71. The molecule has 0 fully saturated rings. The summed E-state index contributed by atoms with van der Waals surface area (Å²) < 4.78 is 10.3. The fourth-order valence-electron chi connectivity index (χ4n) is 1.39. The molecule has 0 saturated carbocycles. The van der Waals surface area contributed by atoms with E-state index in [0.29, 0.717) is 6.04 Å². The molecule has 0 aliphatic rings. The molecule has 0 radical (unpaired) electrons. The number of carbonyl (C=O) groups is 3. The van der Waals surface area contributed by atoms with Crippen molar-refractivity contribution in [3.05, 3.63) is 12.7 Å². The van der Waals surface area contributed by atoms with Crippen LogP contribution in [-0.4, -0.2) is 33.0 Å². The number of carbonyl (C=O) groups excluding carboxylic acids is 3. The molecule has 18 heavy (non-hydrogen) atoms. The lowest BCUT2D eigenvalue weighted by atomic mass is 10.5. The van der Waals surface area contributed by atoms with E-state index < -0.39 is 26.4 Å². The topological polar surface area (TPSA) is 81.7 Å². The zero-order valence-electron chi connectivity index (χ0n) is 10.9. The first-order chi connectivity index (χ1) is 8.33. The molecule has 0 aromatic heterocycles. The van der Waals surface area contributed by atoms with Gasteiger partial charge in [-0.1, -0.05) is 19.9 Å². The Kier molecular flexibility index (Phi) is 6.95. The van der Waals surface area contributed by atoms with Crippen LogP contribution in [-0.2, 0) is 23.2 Å². The van der Waals surface area contributed by atoms with Gasteiger partial charge in [-0.05, 0) is 6.08 Å². The molecule has 0 spiro atoms. The lowest BCUT2D eigenvalue weighted by Gasteiger charge is -2.25. The van der Waals surface area contributed by atoms with Crippen molar-refractivity contribution in [2.75, 3.05) is 6.54 Å². The standard InChI is InChI=1S/C11H19NO5Si/c1-5-7-18(4,16-9(3)13)17-11(15)8-12-10(14)6-2/h6H,2,5,7-8H2,1,3-4H3,(H,12,14). The quantitative estimate of drug-likeness (QED) is 0.550. The first kappa shape index (κ1) is 16.4. The average molecular weight is 273 g/mol. The van der Waals surface area contributed by atoms with Crippen LogP contribution in [0.15, 0.2) is 12.7 Å². The summed E-state index contributed by atoms with van der Waals surface area (Å²) in [5.41, 5.74) is 0. The molecule has 0 aliphatic carbocycles. The summed E-state index contributed by atoms with van der Waals surface area (Å²) in [4.78, 5) is 33.3. The van der Waals surface area contributed by atoms with Gasteiger partial charge in [0.1, 0.15) is 6.54 Å². The molecule has 1 unspecified atom stereocenters. The van der Waals surface area contributed by atoms with Crippen LogP contribution in [0.4, 0.5) is 0 Å². The number of amides is 1. The molecule has 0 aromatic rings. The van der Waals surface area contributed by atoms with Gasteiger partial charge < -0.3 is 14.2 Å². The van der Waals surface area contributed by atoms with Crippen LogP contribution in [0.3, 0.4) is 0 Å². The number of nitrogens with one attached hydrogen (secondary N) is 1. The van der Waals surface area contributed by atoms with E-state index in [1.54, 1.807) is 6.55 Å². The Morgan fingerprint density at radius 1 is 1.33 bits per heavy atom. The largest absolute Gasteiger partial charge is 0.485 e. The summed E-state index contributed by atoms with van der Waals surface area (Å²) in [6, 6.07) is 0.522. The molecular formula is C11H19NO5Si. The lowest BCUT2D eigenvalue weighted by molar-refractivity contribution is -0.140. The van der Waals surface area contributed by atoms with Crippen molar-refractivity contribution in [3.63, 3.8) is 0 Å². The maximum atomic E-state index is 11.5. The van der Waals surface area contributed by atoms with E-state index in [2.05, 4.69) is 11.9 Å². The zero-order valence-corrected chi connectivity index (χ0v) is 11.9. The van der Waals surface area contributed by atoms with Crippen LogP contribution >= 0.6 is 0 Å². The molecule has 6 nitrogen and oxygen atoms in total. The normalized spacial score (nSPS) is 13.1. The van der Waals surface area contributed by atoms with Gasteiger partial charge in [0.25, 0.3) is 5.97 Å². The van der Waals surface area contributed by atoms with E-state index in [4.69, 9.17) is 8.85 Å². The molecule has 0 aliphatic heterocycles. The molecule has 1 atom stereocenters. The number of hydrogen-bond acceptors (Lipinski definition) is 5. The van der Waals surface area contributed by atoms with Crippen LogP contribution < -0.4 is 5.32 Å². The van der Waals surface area contributed by atoms with Gasteiger partial charge in [0.2, 0.25) is 5.91 Å². The van der Waals surface area contributed by atoms with Gasteiger partial charge in [-0.25, -0.2) is 0 Å². The highest BCUT2D eigenvalue weighted by molar-refractivity contribution is 6.69. The second-order valence-electron chi connectivity index (χ2n) is 3.87. The number of hydrogen-bond donors (Lipinski definition) is 1. The Balaban J connectivity index is 4.39. The molecule has 0 aromatic carbocycles. The van der Waals surface area contributed by atoms with Gasteiger partial charge in [0, 0.05) is 19.5 Å². The summed E-state index contributed by atoms with van der Waals surface area (Å²) >= 11 is 0. The minimum Gasteiger partial charge on any atom is -0.485 e. The highest BCUT2D eigenvalue weighted by Gasteiger charge is 2.37. The minimum atomic E-state index is -2.83. The van der Waals surface area contributed by atoms with Crippen LogP contribution in [0, 0.1) is 0 Å². The molecule has 7 heteroatoms. The second-order valence-corrected chi connectivity index (χ2v) is 7.05. The Labute approximate surface area is 108 Å². The van der Waals surface area contributed by atoms with Gasteiger partial charge >= 0.3 is 14.5 Å². The molecular weight excluding hydrogens is 254 g/mol. The van der Waals surface area contributed by atoms with E-state index >= 15 is 0 Å². The highest BCUT2D eigenvalue weighted by Crippen LogP contribution is 2.16.